The average molecular weight is 287 g/mol. The number of ether oxygens (including phenoxy) is 2. The van der Waals surface area contributed by atoms with E-state index in [0.29, 0.717) is 19.3 Å². The molecule has 1 aliphatic heterocycles. The van der Waals surface area contributed by atoms with Crippen LogP contribution < -0.4 is 5.73 Å². The van der Waals surface area contributed by atoms with Gasteiger partial charge in [0.1, 0.15) is 6.61 Å². The van der Waals surface area contributed by atoms with Crippen molar-refractivity contribution in [3.05, 3.63) is 0 Å². The van der Waals surface area contributed by atoms with Gasteiger partial charge in [0, 0.05) is 39.3 Å². The van der Waals surface area contributed by atoms with Crippen LogP contribution in [0.5, 0.6) is 0 Å². The summed E-state index contributed by atoms with van der Waals surface area (Å²) in [5.74, 6) is 0.0765. The Morgan fingerprint density at radius 2 is 1.95 bits per heavy atom. The highest BCUT2D eigenvalue weighted by Crippen LogP contribution is 2.12. The molecule has 0 spiro atoms. The number of nitrogens with zero attached hydrogens (tertiary/aromatic N) is 2. The lowest BCUT2D eigenvalue weighted by molar-refractivity contribution is -0.138. The lowest BCUT2D eigenvalue weighted by Crippen LogP contribution is -2.52. The van der Waals surface area contributed by atoms with Gasteiger partial charge in [-0.25, -0.2) is 0 Å². The molecule has 0 aromatic rings. The van der Waals surface area contributed by atoms with Crippen molar-refractivity contribution >= 4 is 5.91 Å². The summed E-state index contributed by atoms with van der Waals surface area (Å²) < 4.78 is 10.2. The summed E-state index contributed by atoms with van der Waals surface area (Å²) in [4.78, 5) is 16.3. The lowest BCUT2D eigenvalue weighted by Gasteiger charge is -2.39. The molecule has 6 nitrogen and oxygen atoms in total. The molecule has 0 bridgehead atoms. The smallest absolute Gasteiger partial charge is 0.248 e. The number of nitrogens with two attached hydrogens (primary N) is 1. The summed E-state index contributed by atoms with van der Waals surface area (Å²) in [6.07, 6.45) is 2.15. The number of methoxy groups -OCH3 is 1. The second kappa shape index (κ2) is 10.1. The van der Waals surface area contributed by atoms with Gasteiger partial charge >= 0.3 is 0 Å². The first-order chi connectivity index (χ1) is 9.72. The van der Waals surface area contributed by atoms with Gasteiger partial charge in [-0.15, -0.1) is 0 Å². The molecule has 1 heterocycles. The Labute approximate surface area is 122 Å². The number of piperazine rings is 1. The minimum Gasteiger partial charge on any atom is -0.382 e. The molecule has 0 aromatic heterocycles. The lowest BCUT2D eigenvalue weighted by atomic mass is 10.1. The number of amides is 1. The Hall–Kier alpha value is -0.690. The summed E-state index contributed by atoms with van der Waals surface area (Å²) in [5, 5.41) is 0. The largest absolute Gasteiger partial charge is 0.382 e. The third kappa shape index (κ3) is 5.75. The van der Waals surface area contributed by atoms with E-state index < -0.39 is 0 Å². The van der Waals surface area contributed by atoms with Crippen molar-refractivity contribution in [3.63, 3.8) is 0 Å². The minimum absolute atomic E-state index is 0.0765. The standard InChI is InChI=1S/C14H29N3O3/c1-3-13(4-5-15)16-6-8-17(9-7-16)14(18)12-20-11-10-19-2/h13H,3-12,15H2,1-2H3. The van der Waals surface area contributed by atoms with Crippen LogP contribution in [0.25, 0.3) is 0 Å². The summed E-state index contributed by atoms with van der Waals surface area (Å²) in [5.41, 5.74) is 5.65. The molecule has 1 unspecified atom stereocenters. The molecule has 0 radical (unpaired) electrons. The Morgan fingerprint density at radius 1 is 1.25 bits per heavy atom. The van der Waals surface area contributed by atoms with E-state index in [-0.39, 0.29) is 12.5 Å². The summed E-state index contributed by atoms with van der Waals surface area (Å²) >= 11 is 0. The Balaban J connectivity index is 2.25. The molecule has 118 valence electrons. The van der Waals surface area contributed by atoms with Crippen molar-refractivity contribution in [2.45, 2.75) is 25.8 Å². The van der Waals surface area contributed by atoms with Gasteiger partial charge in [-0.3, -0.25) is 9.69 Å². The van der Waals surface area contributed by atoms with Crippen molar-refractivity contribution in [3.8, 4) is 0 Å². The molecule has 20 heavy (non-hydrogen) atoms. The van der Waals surface area contributed by atoms with Crippen molar-refractivity contribution < 1.29 is 14.3 Å². The summed E-state index contributed by atoms with van der Waals surface area (Å²) in [6, 6.07) is 0.551. The highest BCUT2D eigenvalue weighted by molar-refractivity contribution is 5.77. The molecule has 1 rings (SSSR count). The van der Waals surface area contributed by atoms with Gasteiger partial charge in [-0.2, -0.15) is 0 Å². The molecular formula is C14H29N3O3. The molecule has 1 amide bonds. The van der Waals surface area contributed by atoms with Crippen LogP contribution in [0, 0.1) is 0 Å². The zero-order valence-electron chi connectivity index (χ0n) is 12.8. The maximum Gasteiger partial charge on any atom is 0.248 e. The van der Waals surface area contributed by atoms with Crippen molar-refractivity contribution in [2.24, 2.45) is 5.73 Å². The van der Waals surface area contributed by atoms with Crippen LogP contribution >= 0.6 is 0 Å². The quantitative estimate of drug-likeness (QED) is 0.601. The number of hydrogen-bond donors (Lipinski definition) is 1. The zero-order valence-corrected chi connectivity index (χ0v) is 12.8. The van der Waals surface area contributed by atoms with Gasteiger partial charge in [0.2, 0.25) is 5.91 Å². The molecule has 1 aliphatic rings. The van der Waals surface area contributed by atoms with Gasteiger partial charge in [0.15, 0.2) is 0 Å². The molecule has 0 aromatic carbocycles. The first kappa shape index (κ1) is 17.4. The minimum atomic E-state index is 0.0765. The number of carbonyl (C=O) groups is 1. The van der Waals surface area contributed by atoms with E-state index in [1.54, 1.807) is 7.11 Å². The first-order valence-electron chi connectivity index (χ1n) is 7.51. The van der Waals surface area contributed by atoms with Gasteiger partial charge in [-0.05, 0) is 19.4 Å². The first-order valence-corrected chi connectivity index (χ1v) is 7.51. The zero-order chi connectivity index (χ0) is 14.8. The molecular weight excluding hydrogens is 258 g/mol. The number of rotatable bonds is 9. The number of hydrogen-bond acceptors (Lipinski definition) is 5. The topological polar surface area (TPSA) is 68.0 Å². The van der Waals surface area contributed by atoms with E-state index in [2.05, 4.69) is 11.8 Å². The van der Waals surface area contributed by atoms with Crippen LogP contribution in [0.2, 0.25) is 0 Å². The number of carbonyl (C=O) groups excluding carboxylic acids is 1. The second-order valence-electron chi connectivity index (χ2n) is 5.10. The predicted octanol–water partition coefficient (Wildman–Crippen LogP) is -0.0790. The molecule has 0 saturated carbocycles. The maximum atomic E-state index is 12.0. The third-order valence-corrected chi connectivity index (χ3v) is 3.81. The molecule has 2 N–H and O–H groups in total. The summed E-state index contributed by atoms with van der Waals surface area (Å²) in [7, 11) is 1.62. The molecule has 1 atom stereocenters. The monoisotopic (exact) mass is 287 g/mol. The van der Waals surface area contributed by atoms with Gasteiger partial charge < -0.3 is 20.1 Å². The van der Waals surface area contributed by atoms with Crippen LogP contribution in [0.4, 0.5) is 0 Å². The van der Waals surface area contributed by atoms with Gasteiger partial charge in [0.25, 0.3) is 0 Å². The van der Waals surface area contributed by atoms with Crippen molar-refractivity contribution in [2.75, 3.05) is 59.7 Å². The van der Waals surface area contributed by atoms with Crippen LogP contribution in [0.1, 0.15) is 19.8 Å². The molecule has 0 aliphatic carbocycles. The fourth-order valence-corrected chi connectivity index (χ4v) is 2.57. The highest BCUT2D eigenvalue weighted by Gasteiger charge is 2.24. The Kier molecular flexibility index (Phi) is 8.77. The SMILES string of the molecule is CCC(CCN)N1CCN(C(=O)COCCOC)CC1. The van der Waals surface area contributed by atoms with Crippen molar-refractivity contribution in [1.29, 1.82) is 0 Å². The maximum absolute atomic E-state index is 12.0. The fourth-order valence-electron chi connectivity index (χ4n) is 2.57. The van der Waals surface area contributed by atoms with Crippen LogP contribution in [0.15, 0.2) is 0 Å². The normalized spacial score (nSPS) is 18.2. The fraction of sp³-hybridized carbons (Fsp3) is 0.929. The van der Waals surface area contributed by atoms with Gasteiger partial charge in [0.05, 0.1) is 13.2 Å². The molecule has 1 saturated heterocycles. The molecule has 6 heteroatoms. The van der Waals surface area contributed by atoms with Crippen molar-refractivity contribution in [1.82, 2.24) is 9.80 Å². The van der Waals surface area contributed by atoms with E-state index in [1.807, 2.05) is 4.90 Å². The van der Waals surface area contributed by atoms with Crippen LogP contribution in [-0.2, 0) is 14.3 Å². The van der Waals surface area contributed by atoms with Gasteiger partial charge in [-0.1, -0.05) is 6.92 Å². The van der Waals surface area contributed by atoms with Crippen LogP contribution in [-0.4, -0.2) is 81.4 Å². The average Bonchev–Trinajstić information content (AvgIpc) is 2.49. The Bertz CT molecular complexity index is 268. The van der Waals surface area contributed by atoms with E-state index in [4.69, 9.17) is 15.2 Å². The van der Waals surface area contributed by atoms with E-state index in [9.17, 15) is 4.79 Å². The highest BCUT2D eigenvalue weighted by atomic mass is 16.5. The van der Waals surface area contributed by atoms with E-state index in [1.165, 1.54) is 0 Å². The van der Waals surface area contributed by atoms with Crippen LogP contribution in [0.3, 0.4) is 0 Å². The Morgan fingerprint density at radius 3 is 2.50 bits per heavy atom. The predicted molar refractivity (Wildman–Crippen MR) is 78.6 cm³/mol. The van der Waals surface area contributed by atoms with E-state index >= 15 is 0 Å². The third-order valence-electron chi connectivity index (χ3n) is 3.81. The van der Waals surface area contributed by atoms with E-state index in [0.717, 1.165) is 45.6 Å². The second-order valence-corrected chi connectivity index (χ2v) is 5.10. The summed E-state index contributed by atoms with van der Waals surface area (Å²) in [6.45, 7) is 7.51. The molecule has 1 fully saturated rings.